The van der Waals surface area contributed by atoms with Crippen molar-refractivity contribution in [1.29, 1.82) is 0 Å². The summed E-state index contributed by atoms with van der Waals surface area (Å²) in [6, 6.07) is 0. The maximum absolute atomic E-state index is 12.2. The first-order valence-electron chi connectivity index (χ1n) is 7.78. The fourth-order valence-corrected chi connectivity index (χ4v) is 3.30. The van der Waals surface area contributed by atoms with E-state index in [1.807, 2.05) is 0 Å². The third-order valence-electron chi connectivity index (χ3n) is 4.91. The van der Waals surface area contributed by atoms with Crippen LogP contribution in [0.15, 0.2) is 0 Å². The molecule has 2 aliphatic rings. The Hall–Kier alpha value is -1.18. The van der Waals surface area contributed by atoms with Gasteiger partial charge in [0.05, 0.1) is 17.9 Å². The molecule has 0 aromatic carbocycles. The molecule has 0 saturated heterocycles. The number of carboxylic acid groups (broad SMARTS) is 1. The molecule has 7 heteroatoms. The lowest BCUT2D eigenvalue weighted by molar-refractivity contribution is -0.196. The number of aliphatic carboxylic acids is 1. The number of rotatable bonds is 3. The van der Waals surface area contributed by atoms with Crippen LogP contribution in [0.2, 0.25) is 0 Å². The van der Waals surface area contributed by atoms with Crippen LogP contribution < -0.4 is 0 Å². The molecule has 0 radical (unpaired) electrons. The number of carbonyl (C=O) groups excluding carboxylic acids is 1. The van der Waals surface area contributed by atoms with Crippen molar-refractivity contribution < 1.29 is 34.8 Å². The first-order valence-corrected chi connectivity index (χ1v) is 7.78. The summed E-state index contributed by atoms with van der Waals surface area (Å²) in [4.78, 5) is 23.3. The Morgan fingerprint density at radius 3 is 2.09 bits per heavy atom. The van der Waals surface area contributed by atoms with Crippen molar-refractivity contribution in [3.63, 3.8) is 0 Å². The Kier molecular flexibility index (Phi) is 5.41. The van der Waals surface area contributed by atoms with Crippen molar-refractivity contribution in [1.82, 2.24) is 0 Å². The lowest BCUT2D eigenvalue weighted by atomic mass is 9.80. The number of ether oxygens (including phenoxy) is 1. The molecule has 2 rings (SSSR count). The number of hydrogen-bond donors (Lipinski definition) is 4. The highest BCUT2D eigenvalue weighted by Gasteiger charge is 2.47. The van der Waals surface area contributed by atoms with Gasteiger partial charge in [-0.15, -0.1) is 0 Å². The van der Waals surface area contributed by atoms with Crippen molar-refractivity contribution in [3.8, 4) is 0 Å². The molecule has 7 nitrogen and oxygen atoms in total. The summed E-state index contributed by atoms with van der Waals surface area (Å²) >= 11 is 0. The zero-order chi connectivity index (χ0) is 16.4. The molecule has 22 heavy (non-hydrogen) atoms. The molecule has 2 saturated carbocycles. The Balaban J connectivity index is 1.98. The van der Waals surface area contributed by atoms with E-state index >= 15 is 0 Å². The zero-order valence-electron chi connectivity index (χ0n) is 12.6. The minimum absolute atomic E-state index is 0.205. The van der Waals surface area contributed by atoms with Crippen molar-refractivity contribution in [2.45, 2.75) is 63.4 Å². The number of carbonyl (C=O) groups is 2. The average Bonchev–Trinajstić information content (AvgIpc) is 2.48. The molecule has 1 unspecified atom stereocenters. The minimum atomic E-state index is -1.64. The number of aliphatic hydroxyl groups excluding tert-OH is 3. The van der Waals surface area contributed by atoms with Crippen molar-refractivity contribution >= 4 is 11.9 Å². The van der Waals surface area contributed by atoms with Gasteiger partial charge in [0.25, 0.3) is 0 Å². The van der Waals surface area contributed by atoms with Crippen molar-refractivity contribution in [3.05, 3.63) is 0 Å². The van der Waals surface area contributed by atoms with Gasteiger partial charge in [-0.2, -0.15) is 0 Å². The molecule has 0 spiro atoms. The Morgan fingerprint density at radius 1 is 0.955 bits per heavy atom. The van der Waals surface area contributed by atoms with Gasteiger partial charge in [0, 0.05) is 6.42 Å². The highest BCUT2D eigenvalue weighted by atomic mass is 16.6. The van der Waals surface area contributed by atoms with Crippen molar-refractivity contribution in [2.75, 3.05) is 0 Å². The van der Waals surface area contributed by atoms with Crippen LogP contribution in [0.5, 0.6) is 0 Å². The summed E-state index contributed by atoms with van der Waals surface area (Å²) in [6.45, 7) is 2.13. The topological polar surface area (TPSA) is 124 Å². The maximum atomic E-state index is 12.2. The maximum Gasteiger partial charge on any atom is 0.309 e. The van der Waals surface area contributed by atoms with E-state index in [-0.39, 0.29) is 12.3 Å². The van der Waals surface area contributed by atoms with E-state index in [4.69, 9.17) is 9.84 Å². The van der Waals surface area contributed by atoms with E-state index in [9.17, 15) is 24.9 Å². The fourth-order valence-electron chi connectivity index (χ4n) is 3.30. The fraction of sp³-hybridized carbons (Fsp3) is 0.867. The summed E-state index contributed by atoms with van der Waals surface area (Å²) in [5.74, 6) is -2.66. The standard InChI is InChI=1S/C15H24O7/c1-7-2-4-8(5-3-7)15(21)22-10-6-9(14(19)20)11(16)13(18)12(10)17/h7-13,16-18H,2-6H2,1H3,(H,19,20)/t7-,8-,9-,10?,11+,12-,13-/m0/s1. The van der Waals surface area contributed by atoms with Gasteiger partial charge in [0.2, 0.25) is 0 Å². The van der Waals surface area contributed by atoms with Crippen LogP contribution in [0.4, 0.5) is 0 Å². The van der Waals surface area contributed by atoms with Gasteiger partial charge in [-0.05, 0) is 31.6 Å². The second-order valence-corrected chi connectivity index (χ2v) is 6.58. The average molecular weight is 316 g/mol. The summed E-state index contributed by atoms with van der Waals surface area (Å²) in [7, 11) is 0. The largest absolute Gasteiger partial charge is 0.481 e. The molecular formula is C15H24O7. The molecule has 5 atom stereocenters. The van der Waals surface area contributed by atoms with E-state index in [0.29, 0.717) is 5.92 Å². The van der Waals surface area contributed by atoms with Crippen LogP contribution in [-0.2, 0) is 14.3 Å². The van der Waals surface area contributed by atoms with Gasteiger partial charge in [0.1, 0.15) is 18.3 Å². The Morgan fingerprint density at radius 2 is 1.55 bits per heavy atom. The van der Waals surface area contributed by atoms with E-state index in [2.05, 4.69) is 6.92 Å². The van der Waals surface area contributed by atoms with Crippen LogP contribution in [0, 0.1) is 17.8 Å². The molecule has 126 valence electrons. The monoisotopic (exact) mass is 316 g/mol. The van der Waals surface area contributed by atoms with Crippen LogP contribution in [-0.4, -0.2) is 56.8 Å². The van der Waals surface area contributed by atoms with Crippen LogP contribution >= 0.6 is 0 Å². The van der Waals surface area contributed by atoms with Crippen LogP contribution in [0.1, 0.15) is 39.0 Å². The van der Waals surface area contributed by atoms with Crippen LogP contribution in [0.25, 0.3) is 0 Å². The van der Waals surface area contributed by atoms with Gasteiger partial charge in [0.15, 0.2) is 0 Å². The molecule has 2 aliphatic carbocycles. The molecule has 0 aromatic heterocycles. The highest BCUT2D eigenvalue weighted by molar-refractivity contribution is 5.73. The summed E-state index contributed by atoms with van der Waals surface area (Å²) in [5.41, 5.74) is 0. The minimum Gasteiger partial charge on any atom is -0.481 e. The smallest absolute Gasteiger partial charge is 0.309 e. The van der Waals surface area contributed by atoms with Gasteiger partial charge in [-0.25, -0.2) is 0 Å². The first kappa shape index (κ1) is 17.2. The predicted molar refractivity (Wildman–Crippen MR) is 74.8 cm³/mol. The van der Waals surface area contributed by atoms with E-state index in [1.54, 1.807) is 0 Å². The number of carboxylic acids is 1. The SMILES string of the molecule is C[C@H]1CC[C@H](C(=O)OC2C[C@H](C(=O)O)[C@@H](O)[C@H](O)[C@H]2O)CC1. The lowest BCUT2D eigenvalue weighted by Crippen LogP contribution is -2.56. The van der Waals surface area contributed by atoms with Gasteiger partial charge >= 0.3 is 11.9 Å². The van der Waals surface area contributed by atoms with Gasteiger partial charge in [-0.3, -0.25) is 9.59 Å². The third kappa shape index (κ3) is 3.59. The number of aliphatic hydroxyl groups is 3. The summed E-state index contributed by atoms with van der Waals surface area (Å²) < 4.78 is 5.25. The quantitative estimate of drug-likeness (QED) is 0.536. The molecule has 4 N–H and O–H groups in total. The van der Waals surface area contributed by atoms with Crippen LogP contribution in [0.3, 0.4) is 0 Å². The Labute approximate surface area is 128 Å². The zero-order valence-corrected chi connectivity index (χ0v) is 12.6. The third-order valence-corrected chi connectivity index (χ3v) is 4.91. The molecule has 0 aliphatic heterocycles. The Bertz CT molecular complexity index is 416. The van der Waals surface area contributed by atoms with Crippen molar-refractivity contribution in [2.24, 2.45) is 17.8 Å². The van der Waals surface area contributed by atoms with Gasteiger partial charge < -0.3 is 25.2 Å². The first-order chi connectivity index (χ1) is 10.3. The lowest BCUT2D eigenvalue weighted by Gasteiger charge is -2.38. The normalized spacial score (nSPS) is 42.6. The molecule has 0 aromatic rings. The second-order valence-electron chi connectivity index (χ2n) is 6.58. The number of hydrogen-bond acceptors (Lipinski definition) is 6. The van der Waals surface area contributed by atoms with Gasteiger partial charge in [-0.1, -0.05) is 6.92 Å². The van der Waals surface area contributed by atoms with E-state index in [0.717, 1.165) is 25.7 Å². The molecule has 0 amide bonds. The molecular weight excluding hydrogens is 292 g/mol. The molecule has 0 bridgehead atoms. The molecule has 2 fully saturated rings. The predicted octanol–water partition coefficient (Wildman–Crippen LogP) is -0.0883. The molecule has 0 heterocycles. The summed E-state index contributed by atoms with van der Waals surface area (Å²) in [5, 5.41) is 38.4. The van der Waals surface area contributed by atoms with E-state index < -0.39 is 42.3 Å². The van der Waals surface area contributed by atoms with E-state index in [1.165, 1.54) is 0 Å². The highest BCUT2D eigenvalue weighted by Crippen LogP contribution is 2.32. The summed E-state index contributed by atoms with van der Waals surface area (Å²) in [6.07, 6.45) is -2.69. The second kappa shape index (κ2) is 6.93. The number of esters is 1.